The Kier molecular flexibility index (Phi) is 5.38. The Bertz CT molecular complexity index is 558. The second-order valence-corrected chi connectivity index (χ2v) is 5.93. The summed E-state index contributed by atoms with van der Waals surface area (Å²) in [6.45, 7) is 9.13. The fraction of sp³-hybridized carbons (Fsp3) is 0.438. The molecule has 0 spiro atoms. The smallest absolute Gasteiger partial charge is 0.0738 e. The van der Waals surface area contributed by atoms with E-state index in [2.05, 4.69) is 64.5 Å². The van der Waals surface area contributed by atoms with Crippen LogP contribution in [0.25, 0.3) is 0 Å². The standard InChI is InChI=1S/C16H22BrN3/c1-4-9-18-10-14-5-7-15(8-6-14)11-20-13(3)16(17)12(2)19-20/h5-8,18H,4,9-11H2,1-3H3. The van der Waals surface area contributed by atoms with Crippen LogP contribution >= 0.6 is 15.9 Å². The molecule has 0 aliphatic carbocycles. The van der Waals surface area contributed by atoms with Crippen LogP contribution in [0.2, 0.25) is 0 Å². The lowest BCUT2D eigenvalue weighted by Crippen LogP contribution is -2.13. The van der Waals surface area contributed by atoms with E-state index in [9.17, 15) is 0 Å². The molecule has 0 radical (unpaired) electrons. The molecule has 2 aromatic rings. The van der Waals surface area contributed by atoms with Gasteiger partial charge in [0.1, 0.15) is 0 Å². The first-order valence-corrected chi connectivity index (χ1v) is 7.89. The summed E-state index contributed by atoms with van der Waals surface area (Å²) in [5.74, 6) is 0. The number of nitrogens with zero attached hydrogens (tertiary/aromatic N) is 2. The fourth-order valence-corrected chi connectivity index (χ4v) is 2.46. The van der Waals surface area contributed by atoms with Crippen LogP contribution in [-0.4, -0.2) is 16.3 Å². The molecule has 0 atom stereocenters. The monoisotopic (exact) mass is 335 g/mol. The first-order valence-electron chi connectivity index (χ1n) is 7.10. The molecule has 1 aromatic heterocycles. The number of benzene rings is 1. The average molecular weight is 336 g/mol. The minimum Gasteiger partial charge on any atom is -0.313 e. The Morgan fingerprint density at radius 2 is 1.80 bits per heavy atom. The minimum atomic E-state index is 0.820. The molecular formula is C16H22BrN3. The molecule has 0 aliphatic heterocycles. The molecule has 20 heavy (non-hydrogen) atoms. The molecule has 1 heterocycles. The Labute approximate surface area is 129 Å². The maximum atomic E-state index is 4.55. The van der Waals surface area contributed by atoms with Gasteiger partial charge in [0.05, 0.1) is 22.4 Å². The van der Waals surface area contributed by atoms with E-state index in [1.165, 1.54) is 23.2 Å². The highest BCUT2D eigenvalue weighted by atomic mass is 79.9. The molecule has 0 saturated heterocycles. The van der Waals surface area contributed by atoms with E-state index in [0.717, 1.165) is 29.8 Å². The number of aryl methyl sites for hydroxylation is 1. The van der Waals surface area contributed by atoms with Crippen molar-refractivity contribution >= 4 is 15.9 Å². The minimum absolute atomic E-state index is 0.820. The van der Waals surface area contributed by atoms with Gasteiger partial charge in [-0.1, -0.05) is 31.2 Å². The van der Waals surface area contributed by atoms with Crippen LogP contribution in [0.5, 0.6) is 0 Å². The molecule has 2 rings (SSSR count). The van der Waals surface area contributed by atoms with Crippen molar-refractivity contribution in [2.75, 3.05) is 6.54 Å². The van der Waals surface area contributed by atoms with Gasteiger partial charge >= 0.3 is 0 Å². The van der Waals surface area contributed by atoms with Gasteiger partial charge in [0.2, 0.25) is 0 Å². The van der Waals surface area contributed by atoms with E-state index in [4.69, 9.17) is 0 Å². The highest BCUT2D eigenvalue weighted by Crippen LogP contribution is 2.20. The maximum Gasteiger partial charge on any atom is 0.0738 e. The predicted molar refractivity (Wildman–Crippen MR) is 86.9 cm³/mol. The predicted octanol–water partition coefficient (Wildman–Crippen LogP) is 3.81. The van der Waals surface area contributed by atoms with Crippen LogP contribution in [0.1, 0.15) is 35.9 Å². The molecule has 1 aromatic carbocycles. The zero-order valence-corrected chi connectivity index (χ0v) is 14.0. The van der Waals surface area contributed by atoms with Crippen molar-refractivity contribution in [2.24, 2.45) is 0 Å². The topological polar surface area (TPSA) is 29.9 Å². The Balaban J connectivity index is 2.01. The zero-order valence-electron chi connectivity index (χ0n) is 12.4. The van der Waals surface area contributed by atoms with Crippen LogP contribution in [0.3, 0.4) is 0 Å². The van der Waals surface area contributed by atoms with Gasteiger partial charge in [0.15, 0.2) is 0 Å². The van der Waals surface area contributed by atoms with Crippen molar-refractivity contribution in [3.05, 3.63) is 51.3 Å². The number of hydrogen-bond donors (Lipinski definition) is 1. The maximum absolute atomic E-state index is 4.55. The summed E-state index contributed by atoms with van der Waals surface area (Å²) in [4.78, 5) is 0. The van der Waals surface area contributed by atoms with Crippen LogP contribution in [-0.2, 0) is 13.1 Å². The number of nitrogens with one attached hydrogen (secondary N) is 1. The lowest BCUT2D eigenvalue weighted by molar-refractivity contribution is 0.656. The van der Waals surface area contributed by atoms with Crippen LogP contribution < -0.4 is 5.32 Å². The molecule has 1 N–H and O–H groups in total. The normalized spacial score (nSPS) is 11.0. The van der Waals surface area contributed by atoms with Crippen molar-refractivity contribution in [1.29, 1.82) is 0 Å². The summed E-state index contributed by atoms with van der Waals surface area (Å²) >= 11 is 3.57. The van der Waals surface area contributed by atoms with E-state index in [0.29, 0.717) is 0 Å². The molecule has 0 bridgehead atoms. The van der Waals surface area contributed by atoms with E-state index in [1.807, 2.05) is 11.6 Å². The van der Waals surface area contributed by atoms with Gasteiger partial charge < -0.3 is 5.32 Å². The fourth-order valence-electron chi connectivity index (χ4n) is 2.17. The van der Waals surface area contributed by atoms with Gasteiger partial charge in [-0.3, -0.25) is 4.68 Å². The van der Waals surface area contributed by atoms with E-state index >= 15 is 0 Å². The van der Waals surface area contributed by atoms with Crippen LogP contribution in [0, 0.1) is 13.8 Å². The molecule has 108 valence electrons. The number of aromatic nitrogens is 2. The summed E-state index contributed by atoms with van der Waals surface area (Å²) in [6.07, 6.45) is 1.17. The van der Waals surface area contributed by atoms with Crippen LogP contribution in [0.4, 0.5) is 0 Å². The molecule has 4 heteroatoms. The quantitative estimate of drug-likeness (QED) is 0.813. The van der Waals surface area contributed by atoms with Crippen molar-refractivity contribution in [1.82, 2.24) is 15.1 Å². The second-order valence-electron chi connectivity index (χ2n) is 5.14. The highest BCUT2D eigenvalue weighted by molar-refractivity contribution is 9.10. The third-order valence-electron chi connectivity index (χ3n) is 3.40. The summed E-state index contributed by atoms with van der Waals surface area (Å²) < 4.78 is 3.15. The first-order chi connectivity index (χ1) is 9.61. The van der Waals surface area contributed by atoms with Gasteiger partial charge in [-0.15, -0.1) is 0 Å². The summed E-state index contributed by atoms with van der Waals surface area (Å²) in [5.41, 5.74) is 4.83. The summed E-state index contributed by atoms with van der Waals surface area (Å²) in [6, 6.07) is 8.76. The molecule has 0 unspecified atom stereocenters. The van der Waals surface area contributed by atoms with E-state index < -0.39 is 0 Å². The van der Waals surface area contributed by atoms with Crippen molar-refractivity contribution < 1.29 is 0 Å². The van der Waals surface area contributed by atoms with E-state index in [1.54, 1.807) is 0 Å². The molecule has 0 aliphatic rings. The molecule has 0 amide bonds. The van der Waals surface area contributed by atoms with Gasteiger partial charge in [-0.2, -0.15) is 5.10 Å². The van der Waals surface area contributed by atoms with E-state index in [-0.39, 0.29) is 0 Å². The largest absolute Gasteiger partial charge is 0.313 e. The Hall–Kier alpha value is -1.13. The molecule has 0 fully saturated rings. The van der Waals surface area contributed by atoms with Crippen LogP contribution in [0.15, 0.2) is 28.7 Å². The average Bonchev–Trinajstić information content (AvgIpc) is 2.69. The number of rotatable bonds is 6. The van der Waals surface area contributed by atoms with Gasteiger partial charge in [-0.25, -0.2) is 0 Å². The highest BCUT2D eigenvalue weighted by Gasteiger charge is 2.08. The third kappa shape index (κ3) is 3.70. The van der Waals surface area contributed by atoms with Crippen molar-refractivity contribution in [3.63, 3.8) is 0 Å². The SMILES string of the molecule is CCCNCc1ccc(Cn2nc(C)c(Br)c2C)cc1. The zero-order chi connectivity index (χ0) is 14.5. The Morgan fingerprint density at radius 3 is 2.35 bits per heavy atom. The van der Waals surface area contributed by atoms with Crippen molar-refractivity contribution in [2.45, 2.75) is 40.3 Å². The first kappa shape index (κ1) is 15.3. The summed E-state index contributed by atoms with van der Waals surface area (Å²) in [7, 11) is 0. The molecule has 0 saturated carbocycles. The van der Waals surface area contributed by atoms with Gasteiger partial charge in [-0.05, 0) is 53.9 Å². The molecular weight excluding hydrogens is 314 g/mol. The summed E-state index contributed by atoms with van der Waals surface area (Å²) in [5, 5.41) is 7.96. The van der Waals surface area contributed by atoms with Crippen molar-refractivity contribution in [3.8, 4) is 0 Å². The van der Waals surface area contributed by atoms with Gasteiger partial charge in [0, 0.05) is 6.54 Å². The number of hydrogen-bond acceptors (Lipinski definition) is 2. The van der Waals surface area contributed by atoms with Gasteiger partial charge in [0.25, 0.3) is 0 Å². The Morgan fingerprint density at radius 1 is 1.15 bits per heavy atom. The molecule has 3 nitrogen and oxygen atoms in total. The lowest BCUT2D eigenvalue weighted by atomic mass is 10.1. The third-order valence-corrected chi connectivity index (χ3v) is 4.55. The number of halogens is 1. The lowest BCUT2D eigenvalue weighted by Gasteiger charge is -2.07. The second kappa shape index (κ2) is 7.04.